The van der Waals surface area contributed by atoms with E-state index in [1.807, 2.05) is 0 Å². The molecular formula is C25H51NO3SSi. The number of hydrogen-bond acceptors (Lipinski definition) is 5. The largest absolute Gasteiger partial charge is 0.355 e. The minimum Gasteiger partial charge on any atom is -0.355 e. The van der Waals surface area contributed by atoms with Gasteiger partial charge in [0.25, 0.3) is 0 Å². The maximum atomic E-state index is 11.1. The molecule has 1 saturated heterocycles. The lowest BCUT2D eigenvalue weighted by Crippen LogP contribution is -2.40. The molecule has 1 aliphatic heterocycles. The predicted molar refractivity (Wildman–Crippen MR) is 139 cm³/mol. The minimum absolute atomic E-state index is 0.253. The maximum Gasteiger partial charge on any atom is 0.185 e. The predicted octanol–water partition coefficient (Wildman–Crippen LogP) is 6.78. The van der Waals surface area contributed by atoms with Gasteiger partial charge in [-0.3, -0.25) is 4.79 Å². The number of carbonyl (C=O) groups is 1. The van der Waals surface area contributed by atoms with Crippen LogP contribution < -0.4 is 0 Å². The van der Waals surface area contributed by atoms with E-state index in [0.29, 0.717) is 12.9 Å². The monoisotopic (exact) mass is 473 g/mol. The second-order valence-electron chi connectivity index (χ2n) is 9.33. The number of carbonyl (C=O) groups excluding carboxylic acids is 1. The van der Waals surface area contributed by atoms with Crippen molar-refractivity contribution in [3.63, 3.8) is 0 Å². The average molecular weight is 474 g/mol. The number of thioether (sulfide) groups is 1. The third kappa shape index (κ3) is 17.3. The van der Waals surface area contributed by atoms with Crippen molar-refractivity contribution >= 4 is 25.8 Å². The van der Waals surface area contributed by atoms with Gasteiger partial charge in [-0.05, 0) is 51.4 Å². The zero-order valence-electron chi connectivity index (χ0n) is 20.9. The van der Waals surface area contributed by atoms with E-state index in [4.69, 9.17) is 9.47 Å². The fraction of sp³-hybridized carbons (Fsp3) is 0.960. The second-order valence-corrected chi connectivity index (χ2v) is 13.9. The summed E-state index contributed by atoms with van der Waals surface area (Å²) in [6.07, 6.45) is 18.8. The van der Waals surface area contributed by atoms with E-state index in [1.54, 1.807) is 6.92 Å². The molecule has 0 aromatic rings. The molecule has 2 unspecified atom stereocenters. The van der Waals surface area contributed by atoms with Crippen LogP contribution in [0.1, 0.15) is 104 Å². The Labute approximate surface area is 199 Å². The zero-order chi connectivity index (χ0) is 22.6. The molecule has 4 nitrogen and oxygen atoms in total. The van der Waals surface area contributed by atoms with Crippen molar-refractivity contribution in [1.29, 1.82) is 0 Å². The molecule has 1 fully saturated rings. The number of ether oxygens (including phenoxy) is 2. The zero-order valence-corrected chi connectivity index (χ0v) is 22.8. The Balaban J connectivity index is 1.95. The molecule has 0 aromatic heterocycles. The number of nitrogens with zero attached hydrogens (tertiary/aromatic N) is 1. The first-order chi connectivity index (χ1) is 15.1. The Kier molecular flexibility index (Phi) is 19.5. The number of rotatable bonds is 18. The van der Waals surface area contributed by atoms with Crippen LogP contribution in [0.2, 0.25) is 12.1 Å². The van der Waals surface area contributed by atoms with Crippen molar-refractivity contribution in [2.75, 3.05) is 32.7 Å². The van der Waals surface area contributed by atoms with Crippen LogP contribution in [-0.2, 0) is 14.3 Å². The van der Waals surface area contributed by atoms with Crippen molar-refractivity contribution < 1.29 is 14.3 Å². The van der Waals surface area contributed by atoms with Crippen LogP contribution in [0, 0.1) is 0 Å². The van der Waals surface area contributed by atoms with Crippen LogP contribution >= 0.6 is 11.8 Å². The molecule has 31 heavy (non-hydrogen) atoms. The van der Waals surface area contributed by atoms with Gasteiger partial charge >= 0.3 is 0 Å². The van der Waals surface area contributed by atoms with Crippen molar-refractivity contribution in [2.45, 2.75) is 122 Å². The summed E-state index contributed by atoms with van der Waals surface area (Å²) in [5.74, 6) is 0.995. The van der Waals surface area contributed by atoms with Gasteiger partial charge in [0.05, 0.1) is 6.10 Å². The molecule has 0 N–H and O–H groups in total. The molecule has 1 aliphatic rings. The first kappa shape index (κ1) is 29.1. The van der Waals surface area contributed by atoms with Gasteiger partial charge in [-0.2, -0.15) is 0 Å². The Hall–Kier alpha value is 0.117. The molecule has 0 aromatic carbocycles. The summed E-state index contributed by atoms with van der Waals surface area (Å²) in [7, 11) is 1.48. The van der Waals surface area contributed by atoms with E-state index >= 15 is 0 Å². The Morgan fingerprint density at radius 1 is 1.00 bits per heavy atom. The van der Waals surface area contributed by atoms with Gasteiger partial charge in [0, 0.05) is 19.3 Å². The van der Waals surface area contributed by atoms with Gasteiger partial charge in [0.15, 0.2) is 5.12 Å². The number of unbranched alkanes of at least 4 members (excludes halogenated alkanes) is 9. The van der Waals surface area contributed by atoms with E-state index in [0.717, 1.165) is 25.3 Å². The van der Waals surface area contributed by atoms with E-state index in [1.165, 1.54) is 107 Å². The van der Waals surface area contributed by atoms with E-state index in [2.05, 4.69) is 18.5 Å². The first-order valence-corrected chi connectivity index (χ1v) is 16.3. The molecular weight excluding hydrogens is 422 g/mol. The van der Waals surface area contributed by atoms with E-state index < -0.39 is 8.96 Å². The fourth-order valence-electron chi connectivity index (χ4n) is 4.44. The summed E-state index contributed by atoms with van der Waals surface area (Å²) in [5.41, 5.74) is 0. The Morgan fingerprint density at radius 3 is 2.35 bits per heavy atom. The summed E-state index contributed by atoms with van der Waals surface area (Å²) >= 11 is 1.48. The van der Waals surface area contributed by atoms with Gasteiger partial charge in [0.1, 0.15) is 15.8 Å². The second kappa shape index (κ2) is 20.7. The van der Waals surface area contributed by atoms with Gasteiger partial charge in [-0.1, -0.05) is 82.9 Å². The summed E-state index contributed by atoms with van der Waals surface area (Å²) in [4.78, 5) is 11.1. The van der Waals surface area contributed by atoms with Crippen LogP contribution in [0.3, 0.4) is 0 Å². The van der Waals surface area contributed by atoms with Crippen molar-refractivity contribution in [3.8, 4) is 0 Å². The third-order valence-electron chi connectivity index (χ3n) is 6.51. The summed E-state index contributed by atoms with van der Waals surface area (Å²) in [5, 5.41) is 0.253. The third-order valence-corrected chi connectivity index (χ3v) is 11.1. The van der Waals surface area contributed by atoms with Crippen LogP contribution in [-0.4, -0.2) is 57.5 Å². The lowest BCUT2D eigenvalue weighted by molar-refractivity contribution is -0.109. The Bertz CT molecular complexity index is 428. The molecule has 1 heterocycles. The summed E-state index contributed by atoms with van der Waals surface area (Å²) in [6.45, 7) is 6.41. The first-order valence-electron chi connectivity index (χ1n) is 13.2. The van der Waals surface area contributed by atoms with Crippen LogP contribution in [0.4, 0.5) is 0 Å². The lowest BCUT2D eigenvalue weighted by Gasteiger charge is -2.32. The van der Waals surface area contributed by atoms with E-state index in [9.17, 15) is 4.79 Å². The topological polar surface area (TPSA) is 38.8 Å². The molecule has 184 valence electrons. The Morgan fingerprint density at radius 2 is 1.68 bits per heavy atom. The lowest BCUT2D eigenvalue weighted by atomic mass is 10.1. The molecule has 0 aliphatic carbocycles. The number of hydrogen-bond donors (Lipinski definition) is 0. The van der Waals surface area contributed by atoms with Gasteiger partial charge < -0.3 is 14.0 Å². The van der Waals surface area contributed by atoms with Crippen molar-refractivity contribution in [1.82, 2.24) is 4.57 Å². The highest BCUT2D eigenvalue weighted by Crippen LogP contribution is 2.21. The molecule has 0 radical (unpaired) electrons. The maximum absolute atomic E-state index is 11.1. The van der Waals surface area contributed by atoms with E-state index in [-0.39, 0.29) is 5.12 Å². The van der Waals surface area contributed by atoms with Gasteiger partial charge in [-0.25, -0.2) is 0 Å². The molecule has 0 saturated carbocycles. The summed E-state index contributed by atoms with van der Waals surface area (Å²) in [6, 6.07) is 2.71. The normalized spacial score (nSPS) is 20.5. The molecule has 0 spiro atoms. The van der Waals surface area contributed by atoms with Crippen LogP contribution in [0.15, 0.2) is 0 Å². The molecule has 0 amide bonds. The summed E-state index contributed by atoms with van der Waals surface area (Å²) < 4.78 is 14.4. The standard InChI is InChI=1S/C25H51NO3SSi/c1-4-5-6-7-8-9-10-11-12-13-19-28-23-29-25-16-14-21-31(26(3)18-17-25)22-15-20-30-24(2)27/h25,31H,4-23H2,1-3H3. The van der Waals surface area contributed by atoms with Crippen LogP contribution in [0.5, 0.6) is 0 Å². The minimum atomic E-state index is -0.826. The highest BCUT2D eigenvalue weighted by molar-refractivity contribution is 8.13. The quantitative estimate of drug-likeness (QED) is 0.125. The highest BCUT2D eigenvalue weighted by Gasteiger charge is 2.22. The molecule has 2 atom stereocenters. The average Bonchev–Trinajstić information content (AvgIpc) is 2.74. The van der Waals surface area contributed by atoms with Gasteiger partial charge in [0.2, 0.25) is 0 Å². The van der Waals surface area contributed by atoms with Crippen molar-refractivity contribution in [3.05, 3.63) is 0 Å². The van der Waals surface area contributed by atoms with Gasteiger partial charge in [-0.15, -0.1) is 0 Å². The van der Waals surface area contributed by atoms with Crippen molar-refractivity contribution in [2.24, 2.45) is 0 Å². The highest BCUT2D eigenvalue weighted by atomic mass is 32.2. The smallest absolute Gasteiger partial charge is 0.185 e. The molecule has 1 rings (SSSR count). The molecule has 0 bridgehead atoms. The van der Waals surface area contributed by atoms with Crippen LogP contribution in [0.25, 0.3) is 0 Å². The molecule has 6 heteroatoms. The SMILES string of the molecule is CCCCCCCCCCCCOCOC1CCC[SiH](CCCSC(C)=O)N(C)CC1. The fourth-order valence-corrected chi connectivity index (χ4v) is 8.40.